The summed E-state index contributed by atoms with van der Waals surface area (Å²) >= 11 is 1.61. The van der Waals surface area contributed by atoms with Gasteiger partial charge in [-0.1, -0.05) is 25.8 Å². The van der Waals surface area contributed by atoms with Crippen molar-refractivity contribution in [3.63, 3.8) is 0 Å². The molecule has 0 rings (SSSR count). The zero-order valence-corrected chi connectivity index (χ0v) is 10.9. The summed E-state index contributed by atoms with van der Waals surface area (Å²) in [4.78, 5) is 0. The molecule has 0 unspecified atom stereocenters. The molecule has 0 bridgehead atoms. The third kappa shape index (κ3) is 14.2. The molecule has 0 aromatic heterocycles. The Morgan fingerprint density at radius 3 is 2.13 bits per heavy atom. The molecule has 0 aromatic carbocycles. The van der Waals surface area contributed by atoms with Gasteiger partial charge in [-0.15, -0.1) is 0 Å². The molecule has 4 nitrogen and oxygen atoms in total. The second-order valence-electron chi connectivity index (χ2n) is 3.43. The molecule has 0 radical (unpaired) electrons. The fourth-order valence-corrected chi connectivity index (χ4v) is 1.25. The minimum atomic E-state index is 0.530. The SMILES string of the molecule is CSNCCOCCOCCNC(C)C. The van der Waals surface area contributed by atoms with Gasteiger partial charge >= 0.3 is 0 Å². The summed E-state index contributed by atoms with van der Waals surface area (Å²) in [7, 11) is 0. The van der Waals surface area contributed by atoms with Crippen LogP contribution in [0.3, 0.4) is 0 Å². The predicted molar refractivity (Wildman–Crippen MR) is 66.3 cm³/mol. The quantitative estimate of drug-likeness (QED) is 0.412. The van der Waals surface area contributed by atoms with E-state index in [9.17, 15) is 0 Å². The maximum Gasteiger partial charge on any atom is 0.0701 e. The maximum absolute atomic E-state index is 5.38. The number of hydrogen-bond acceptors (Lipinski definition) is 5. The first-order chi connectivity index (χ1) is 7.27. The molecule has 15 heavy (non-hydrogen) atoms. The van der Waals surface area contributed by atoms with E-state index in [-0.39, 0.29) is 0 Å². The van der Waals surface area contributed by atoms with Gasteiger partial charge in [0.2, 0.25) is 0 Å². The highest BCUT2D eigenvalue weighted by molar-refractivity contribution is 7.96. The van der Waals surface area contributed by atoms with Crippen LogP contribution in [0.2, 0.25) is 0 Å². The molecule has 0 saturated carbocycles. The molecular formula is C10H24N2O2S. The second-order valence-corrected chi connectivity index (χ2v) is 4.13. The Bertz CT molecular complexity index is 126. The van der Waals surface area contributed by atoms with Crippen LogP contribution in [0.4, 0.5) is 0 Å². The van der Waals surface area contributed by atoms with E-state index in [1.807, 2.05) is 6.26 Å². The van der Waals surface area contributed by atoms with E-state index >= 15 is 0 Å². The van der Waals surface area contributed by atoms with Crippen molar-refractivity contribution in [1.29, 1.82) is 0 Å². The Morgan fingerprint density at radius 1 is 1.00 bits per heavy atom. The van der Waals surface area contributed by atoms with Crippen LogP contribution in [0, 0.1) is 0 Å². The first kappa shape index (κ1) is 15.2. The average Bonchev–Trinajstić information content (AvgIpc) is 2.20. The second kappa shape index (κ2) is 12.3. The molecule has 0 atom stereocenters. The lowest BCUT2D eigenvalue weighted by Gasteiger charge is -2.08. The molecule has 0 aromatic rings. The van der Waals surface area contributed by atoms with E-state index in [0.717, 1.165) is 26.3 Å². The summed E-state index contributed by atoms with van der Waals surface area (Å²) < 4.78 is 13.8. The largest absolute Gasteiger partial charge is 0.378 e. The molecule has 0 saturated heterocycles. The fourth-order valence-electron chi connectivity index (χ4n) is 0.958. The highest BCUT2D eigenvalue weighted by Crippen LogP contribution is 1.82. The van der Waals surface area contributed by atoms with Crippen molar-refractivity contribution in [2.24, 2.45) is 0 Å². The summed E-state index contributed by atoms with van der Waals surface area (Å²) in [6, 6.07) is 0.530. The summed E-state index contributed by atoms with van der Waals surface area (Å²) in [6.45, 7) is 8.90. The van der Waals surface area contributed by atoms with E-state index in [4.69, 9.17) is 9.47 Å². The molecular weight excluding hydrogens is 212 g/mol. The topological polar surface area (TPSA) is 42.5 Å². The Labute approximate surface area is 97.6 Å². The van der Waals surface area contributed by atoms with Crippen molar-refractivity contribution in [3.05, 3.63) is 0 Å². The van der Waals surface area contributed by atoms with Crippen LogP contribution in [0.5, 0.6) is 0 Å². The smallest absolute Gasteiger partial charge is 0.0701 e. The molecule has 5 heteroatoms. The lowest BCUT2D eigenvalue weighted by atomic mass is 10.4. The molecule has 0 aliphatic carbocycles. The van der Waals surface area contributed by atoms with Crippen LogP contribution >= 0.6 is 11.9 Å². The van der Waals surface area contributed by atoms with Crippen LogP contribution in [-0.2, 0) is 9.47 Å². The molecule has 0 aliphatic rings. The normalized spacial score (nSPS) is 11.2. The molecule has 2 N–H and O–H groups in total. The Kier molecular flexibility index (Phi) is 12.4. The summed E-state index contributed by atoms with van der Waals surface area (Å²) in [5.41, 5.74) is 0. The Hall–Kier alpha value is 0.190. The van der Waals surface area contributed by atoms with Gasteiger partial charge in [0.15, 0.2) is 0 Å². The van der Waals surface area contributed by atoms with Crippen molar-refractivity contribution in [2.45, 2.75) is 19.9 Å². The highest BCUT2D eigenvalue weighted by atomic mass is 32.2. The van der Waals surface area contributed by atoms with Crippen LogP contribution in [0.25, 0.3) is 0 Å². The zero-order chi connectivity index (χ0) is 11.4. The summed E-state index contributed by atoms with van der Waals surface area (Å²) in [5, 5.41) is 3.29. The standard InChI is InChI=1S/C10H24N2O2S/c1-10(2)11-4-6-13-8-9-14-7-5-12-15-3/h10-12H,4-9H2,1-3H3. The number of nitrogens with one attached hydrogen (secondary N) is 2. The fraction of sp³-hybridized carbons (Fsp3) is 1.00. The van der Waals surface area contributed by atoms with Gasteiger partial charge in [0, 0.05) is 19.1 Å². The molecule has 0 spiro atoms. The zero-order valence-electron chi connectivity index (χ0n) is 10.0. The van der Waals surface area contributed by atoms with Gasteiger partial charge in [-0.3, -0.25) is 4.72 Å². The lowest BCUT2D eigenvalue weighted by Crippen LogP contribution is -2.27. The molecule has 92 valence electrons. The molecule has 0 fully saturated rings. The number of ether oxygens (including phenoxy) is 2. The van der Waals surface area contributed by atoms with Gasteiger partial charge in [0.1, 0.15) is 0 Å². The van der Waals surface area contributed by atoms with Crippen molar-refractivity contribution in [1.82, 2.24) is 10.0 Å². The van der Waals surface area contributed by atoms with Gasteiger partial charge in [0.25, 0.3) is 0 Å². The monoisotopic (exact) mass is 236 g/mol. The van der Waals surface area contributed by atoms with Gasteiger partial charge in [0.05, 0.1) is 26.4 Å². The lowest BCUT2D eigenvalue weighted by molar-refractivity contribution is 0.0508. The summed E-state index contributed by atoms with van der Waals surface area (Å²) in [6.07, 6.45) is 2.00. The van der Waals surface area contributed by atoms with E-state index in [2.05, 4.69) is 23.9 Å². The minimum absolute atomic E-state index is 0.530. The van der Waals surface area contributed by atoms with E-state index in [1.54, 1.807) is 11.9 Å². The Morgan fingerprint density at radius 2 is 1.60 bits per heavy atom. The van der Waals surface area contributed by atoms with Gasteiger partial charge in [-0.2, -0.15) is 0 Å². The van der Waals surface area contributed by atoms with Crippen molar-refractivity contribution >= 4 is 11.9 Å². The third-order valence-electron chi connectivity index (χ3n) is 1.66. The minimum Gasteiger partial charge on any atom is -0.378 e. The van der Waals surface area contributed by atoms with E-state index in [1.165, 1.54) is 0 Å². The van der Waals surface area contributed by atoms with E-state index < -0.39 is 0 Å². The first-order valence-electron chi connectivity index (χ1n) is 5.42. The molecule has 0 amide bonds. The first-order valence-corrected chi connectivity index (χ1v) is 6.64. The van der Waals surface area contributed by atoms with Crippen LogP contribution in [0.15, 0.2) is 0 Å². The third-order valence-corrected chi connectivity index (χ3v) is 2.16. The highest BCUT2D eigenvalue weighted by Gasteiger charge is 1.92. The van der Waals surface area contributed by atoms with Crippen molar-refractivity contribution in [3.8, 4) is 0 Å². The van der Waals surface area contributed by atoms with E-state index in [0.29, 0.717) is 19.3 Å². The average molecular weight is 236 g/mol. The van der Waals surface area contributed by atoms with Gasteiger partial charge < -0.3 is 14.8 Å². The number of hydrogen-bond donors (Lipinski definition) is 2. The maximum atomic E-state index is 5.38. The van der Waals surface area contributed by atoms with Crippen LogP contribution in [-0.4, -0.2) is 51.8 Å². The van der Waals surface area contributed by atoms with Crippen molar-refractivity contribution in [2.75, 3.05) is 45.8 Å². The predicted octanol–water partition coefficient (Wildman–Crippen LogP) is 0.885. The van der Waals surface area contributed by atoms with Crippen molar-refractivity contribution < 1.29 is 9.47 Å². The number of rotatable bonds is 11. The molecule has 0 heterocycles. The van der Waals surface area contributed by atoms with Gasteiger partial charge in [-0.25, -0.2) is 0 Å². The summed E-state index contributed by atoms with van der Waals surface area (Å²) in [5.74, 6) is 0. The Balaban J connectivity index is 2.87. The van der Waals surface area contributed by atoms with Gasteiger partial charge in [-0.05, 0) is 6.26 Å². The molecule has 0 aliphatic heterocycles. The van der Waals surface area contributed by atoms with Crippen LogP contribution in [0.1, 0.15) is 13.8 Å². The van der Waals surface area contributed by atoms with Crippen LogP contribution < -0.4 is 10.0 Å².